The van der Waals surface area contributed by atoms with Gasteiger partial charge in [0.15, 0.2) is 5.13 Å². The minimum atomic E-state index is -0.515. The summed E-state index contributed by atoms with van der Waals surface area (Å²) in [6.07, 6.45) is 2.35. The first-order chi connectivity index (χ1) is 13.1. The van der Waals surface area contributed by atoms with Gasteiger partial charge in [0.2, 0.25) is 0 Å². The van der Waals surface area contributed by atoms with Crippen LogP contribution in [0.2, 0.25) is 0 Å². The second-order valence-electron chi connectivity index (χ2n) is 6.88. The van der Waals surface area contributed by atoms with E-state index in [2.05, 4.69) is 40.7 Å². The molecule has 1 aliphatic rings. The van der Waals surface area contributed by atoms with Crippen LogP contribution in [0.1, 0.15) is 35.1 Å². The largest absolute Gasteiger partial charge is 0.331 e. The van der Waals surface area contributed by atoms with Crippen LogP contribution in [0.25, 0.3) is 0 Å². The highest BCUT2D eigenvalue weighted by molar-refractivity contribution is 7.13. The Bertz CT molecular complexity index is 1010. The van der Waals surface area contributed by atoms with E-state index in [1.165, 1.54) is 11.3 Å². The lowest BCUT2D eigenvalue weighted by atomic mass is 9.81. The molecule has 134 valence electrons. The maximum atomic E-state index is 12.6. The van der Waals surface area contributed by atoms with Crippen molar-refractivity contribution in [2.75, 3.05) is 5.32 Å². The van der Waals surface area contributed by atoms with Crippen molar-refractivity contribution in [3.8, 4) is 6.07 Å². The minimum Gasteiger partial charge on any atom is -0.331 e. The Morgan fingerprint density at radius 3 is 2.81 bits per heavy atom. The smallest absolute Gasteiger partial charge is 0.321 e. The maximum Gasteiger partial charge on any atom is 0.321 e. The van der Waals surface area contributed by atoms with E-state index in [0.717, 1.165) is 16.7 Å². The average Bonchev–Trinajstić information content (AvgIpc) is 3.26. The summed E-state index contributed by atoms with van der Waals surface area (Å²) in [6, 6.07) is 17.8. The molecule has 2 amide bonds. The summed E-state index contributed by atoms with van der Waals surface area (Å²) >= 11 is 1.38. The number of nitriles is 1. The Morgan fingerprint density at radius 1 is 1.30 bits per heavy atom. The van der Waals surface area contributed by atoms with Crippen molar-refractivity contribution in [2.45, 2.75) is 24.8 Å². The van der Waals surface area contributed by atoms with Gasteiger partial charge in [0, 0.05) is 17.5 Å². The Morgan fingerprint density at radius 2 is 2.11 bits per heavy atom. The molecule has 2 aromatic carbocycles. The highest BCUT2D eigenvalue weighted by atomic mass is 32.1. The Labute approximate surface area is 161 Å². The van der Waals surface area contributed by atoms with Gasteiger partial charge in [-0.1, -0.05) is 36.4 Å². The molecule has 1 aromatic heterocycles. The Kier molecular flexibility index (Phi) is 4.38. The quantitative estimate of drug-likeness (QED) is 0.718. The van der Waals surface area contributed by atoms with Crippen LogP contribution in [0, 0.1) is 11.3 Å². The van der Waals surface area contributed by atoms with Crippen LogP contribution in [0.5, 0.6) is 0 Å². The molecule has 0 spiro atoms. The molecule has 0 unspecified atom stereocenters. The van der Waals surface area contributed by atoms with Gasteiger partial charge in [-0.2, -0.15) is 5.26 Å². The van der Waals surface area contributed by atoms with Crippen molar-refractivity contribution < 1.29 is 4.79 Å². The molecule has 2 atom stereocenters. The number of aromatic nitrogens is 1. The highest BCUT2D eigenvalue weighted by Gasteiger charge is 2.44. The summed E-state index contributed by atoms with van der Waals surface area (Å²) in [4.78, 5) is 16.7. The number of anilines is 1. The number of thiazole rings is 1. The number of amides is 2. The number of hydrogen-bond donors (Lipinski definition) is 2. The zero-order valence-corrected chi connectivity index (χ0v) is 15.6. The molecule has 0 bridgehead atoms. The molecule has 27 heavy (non-hydrogen) atoms. The summed E-state index contributed by atoms with van der Waals surface area (Å²) < 4.78 is 0. The van der Waals surface area contributed by atoms with Crippen molar-refractivity contribution in [1.29, 1.82) is 5.26 Å². The molecule has 0 saturated heterocycles. The SMILES string of the molecule is C[C@@]1(NC(=O)Nc2nccs2)Cc2ccc(C#N)cc2[C@@H]1c1ccccc1. The van der Waals surface area contributed by atoms with Crippen LogP contribution in [0.15, 0.2) is 60.1 Å². The first-order valence-electron chi connectivity index (χ1n) is 8.65. The predicted molar refractivity (Wildman–Crippen MR) is 106 cm³/mol. The van der Waals surface area contributed by atoms with E-state index in [-0.39, 0.29) is 11.9 Å². The van der Waals surface area contributed by atoms with Gasteiger partial charge in [0.25, 0.3) is 0 Å². The molecule has 1 aliphatic carbocycles. The molecule has 2 N–H and O–H groups in total. The van der Waals surface area contributed by atoms with Crippen molar-refractivity contribution in [1.82, 2.24) is 10.3 Å². The lowest BCUT2D eigenvalue weighted by Gasteiger charge is -2.33. The number of carbonyl (C=O) groups excluding carboxylic acids is 1. The topological polar surface area (TPSA) is 77.8 Å². The van der Waals surface area contributed by atoms with Crippen LogP contribution >= 0.6 is 11.3 Å². The third kappa shape index (κ3) is 3.29. The normalized spacial score (nSPS) is 20.5. The average molecular weight is 374 g/mol. The molecule has 0 saturated carbocycles. The number of fused-ring (bicyclic) bond motifs is 1. The molecule has 5 nitrogen and oxygen atoms in total. The number of urea groups is 1. The fourth-order valence-corrected chi connectivity index (χ4v) is 4.44. The van der Waals surface area contributed by atoms with Crippen molar-refractivity contribution >= 4 is 22.5 Å². The second-order valence-corrected chi connectivity index (χ2v) is 7.77. The standard InChI is InChI=1S/C21H18N4OS/c1-21(25-19(26)24-20-23-9-10-27-20)12-16-8-7-14(13-22)11-17(16)18(21)15-5-3-2-4-6-15/h2-11,18H,12H2,1H3,(H2,23,24,25,26)/t18-,21+/m0/s1. The zero-order valence-electron chi connectivity index (χ0n) is 14.8. The number of nitrogens with one attached hydrogen (secondary N) is 2. The van der Waals surface area contributed by atoms with Crippen LogP contribution < -0.4 is 10.6 Å². The molecule has 0 radical (unpaired) electrons. The van der Waals surface area contributed by atoms with Gasteiger partial charge >= 0.3 is 6.03 Å². The third-order valence-electron chi connectivity index (χ3n) is 4.97. The molecule has 1 heterocycles. The number of benzene rings is 2. The van der Waals surface area contributed by atoms with Crippen LogP contribution in [-0.4, -0.2) is 16.6 Å². The summed E-state index contributed by atoms with van der Waals surface area (Å²) in [5.74, 6) is -0.0379. The van der Waals surface area contributed by atoms with Crippen molar-refractivity contribution in [2.24, 2.45) is 0 Å². The summed E-state index contributed by atoms with van der Waals surface area (Å²) in [7, 11) is 0. The summed E-state index contributed by atoms with van der Waals surface area (Å²) in [5.41, 5.74) is 3.48. The second kappa shape index (κ2) is 6.86. The maximum absolute atomic E-state index is 12.6. The number of hydrogen-bond acceptors (Lipinski definition) is 4. The van der Waals surface area contributed by atoms with Gasteiger partial charge in [-0.15, -0.1) is 11.3 Å². The fourth-order valence-electron chi connectivity index (χ4n) is 3.92. The molecule has 6 heteroatoms. The van der Waals surface area contributed by atoms with Gasteiger partial charge in [-0.05, 0) is 42.2 Å². The van der Waals surface area contributed by atoms with Gasteiger partial charge in [-0.25, -0.2) is 9.78 Å². The highest BCUT2D eigenvalue weighted by Crippen LogP contribution is 2.45. The molecule has 3 aromatic rings. The van der Waals surface area contributed by atoms with E-state index in [0.29, 0.717) is 17.1 Å². The van der Waals surface area contributed by atoms with Crippen LogP contribution in [-0.2, 0) is 6.42 Å². The predicted octanol–water partition coefficient (Wildman–Crippen LogP) is 4.28. The minimum absolute atomic E-state index is 0.0379. The van der Waals surface area contributed by atoms with E-state index in [1.807, 2.05) is 41.8 Å². The Hall–Kier alpha value is -3.17. The monoisotopic (exact) mass is 374 g/mol. The summed E-state index contributed by atoms with van der Waals surface area (Å²) in [5, 5.41) is 17.7. The zero-order chi connectivity index (χ0) is 18.9. The van der Waals surface area contributed by atoms with E-state index in [9.17, 15) is 10.1 Å². The fraction of sp³-hybridized carbons (Fsp3) is 0.190. The van der Waals surface area contributed by atoms with Crippen molar-refractivity contribution in [3.05, 3.63) is 82.4 Å². The summed E-state index contributed by atoms with van der Waals surface area (Å²) in [6.45, 7) is 2.05. The lowest BCUT2D eigenvalue weighted by molar-refractivity contribution is 0.237. The van der Waals surface area contributed by atoms with Gasteiger partial charge in [0.1, 0.15) is 0 Å². The molecular weight excluding hydrogens is 356 g/mol. The number of nitrogens with zero attached hydrogens (tertiary/aromatic N) is 2. The van der Waals surface area contributed by atoms with E-state index < -0.39 is 5.54 Å². The van der Waals surface area contributed by atoms with Gasteiger partial charge < -0.3 is 5.32 Å². The first-order valence-corrected chi connectivity index (χ1v) is 9.53. The molecule has 0 fully saturated rings. The van der Waals surface area contributed by atoms with E-state index >= 15 is 0 Å². The Balaban J connectivity index is 1.70. The molecular formula is C21H18N4OS. The van der Waals surface area contributed by atoms with Gasteiger partial charge in [0.05, 0.1) is 17.2 Å². The first kappa shape index (κ1) is 17.3. The molecule has 0 aliphatic heterocycles. The lowest BCUT2D eigenvalue weighted by Crippen LogP contribution is -2.51. The van der Waals surface area contributed by atoms with Crippen LogP contribution in [0.4, 0.5) is 9.93 Å². The van der Waals surface area contributed by atoms with Crippen molar-refractivity contribution in [3.63, 3.8) is 0 Å². The van der Waals surface area contributed by atoms with Crippen LogP contribution in [0.3, 0.4) is 0 Å². The number of carbonyl (C=O) groups is 1. The third-order valence-corrected chi connectivity index (χ3v) is 5.65. The number of rotatable bonds is 3. The van der Waals surface area contributed by atoms with E-state index in [1.54, 1.807) is 6.20 Å². The molecule has 4 rings (SSSR count). The van der Waals surface area contributed by atoms with E-state index in [4.69, 9.17) is 0 Å². The van der Waals surface area contributed by atoms with Gasteiger partial charge in [-0.3, -0.25) is 5.32 Å².